The van der Waals surface area contributed by atoms with E-state index in [9.17, 15) is 14.4 Å². The molecule has 0 heterocycles. The highest BCUT2D eigenvalue weighted by Crippen LogP contribution is 2.09. The van der Waals surface area contributed by atoms with Crippen molar-refractivity contribution in [3.63, 3.8) is 0 Å². The Morgan fingerprint density at radius 3 is 2.14 bits per heavy atom. The number of carbonyl (C=O) groups excluding carboxylic acids is 3. The summed E-state index contributed by atoms with van der Waals surface area (Å²) in [6.45, 7) is 7.02. The Hall–Kier alpha value is -1.81. The van der Waals surface area contributed by atoms with Gasteiger partial charge in [0.15, 0.2) is 0 Å². The summed E-state index contributed by atoms with van der Waals surface area (Å²) in [5.41, 5.74) is 7.36. The second-order valence-corrected chi connectivity index (χ2v) is 6.22. The monoisotopic (exact) mass is 310 g/mol. The quantitative estimate of drug-likeness (QED) is 0.155. The average Bonchev–Trinajstić information content (AvgIpc) is 2.40. The van der Waals surface area contributed by atoms with Crippen LogP contribution in [-0.2, 0) is 19.1 Å². The lowest BCUT2D eigenvalue weighted by Crippen LogP contribution is -2.34. The maximum Gasteiger partial charge on any atom is 0.441 e. The van der Waals surface area contributed by atoms with E-state index in [0.29, 0.717) is 6.42 Å². The lowest BCUT2D eigenvalue weighted by atomic mass is 10.0. The molecule has 0 aromatic carbocycles. The van der Waals surface area contributed by atoms with Gasteiger partial charge in [0.1, 0.15) is 11.4 Å². The minimum atomic E-state index is -0.976. The van der Waals surface area contributed by atoms with E-state index >= 15 is 0 Å². The molecule has 0 spiro atoms. The molecule has 0 N–H and O–H groups in total. The molecule has 6 nitrogen and oxygen atoms in total. The zero-order valence-corrected chi connectivity index (χ0v) is 14.0. The van der Waals surface area contributed by atoms with Gasteiger partial charge in [0, 0.05) is 19.3 Å². The first-order valence-electron chi connectivity index (χ1n) is 7.71. The molecule has 0 aliphatic heterocycles. The molecule has 0 atom stereocenters. The van der Waals surface area contributed by atoms with Crippen molar-refractivity contribution >= 4 is 23.2 Å². The summed E-state index contributed by atoms with van der Waals surface area (Å²) in [6, 6.07) is 0. The molecule has 0 aromatic heterocycles. The second-order valence-electron chi connectivity index (χ2n) is 6.22. The Balaban J connectivity index is 4.31. The number of unbranched alkanes of at least 4 members (excludes halogenated alkanes) is 3. The third kappa shape index (κ3) is 9.19. The summed E-state index contributed by atoms with van der Waals surface area (Å²) in [7, 11) is 0. The normalized spacial score (nSPS) is 10.7. The lowest BCUT2D eigenvalue weighted by molar-refractivity contribution is -0.152. The molecule has 0 radical (unpaired) electrons. The van der Waals surface area contributed by atoms with Crippen molar-refractivity contribution in [3.05, 3.63) is 5.53 Å². The molecule has 124 valence electrons. The largest absolute Gasteiger partial charge is 0.451 e. The molecule has 0 saturated heterocycles. The standard InChI is InChI=1S/C16H26N2O4/c1-5-6-7-8-9-12(19)10-11-13(20)14(18-17)15(21)22-16(2,3)4/h5-11H2,1-4H3. The minimum absolute atomic E-state index is 0.0223. The maximum atomic E-state index is 11.8. The third-order valence-corrected chi connectivity index (χ3v) is 2.90. The van der Waals surface area contributed by atoms with Crippen molar-refractivity contribution in [2.24, 2.45) is 0 Å². The minimum Gasteiger partial charge on any atom is -0.451 e. The fourth-order valence-corrected chi connectivity index (χ4v) is 1.78. The zero-order valence-electron chi connectivity index (χ0n) is 14.0. The zero-order chi connectivity index (χ0) is 17.2. The summed E-state index contributed by atoms with van der Waals surface area (Å²) in [4.78, 5) is 37.9. The topological polar surface area (TPSA) is 96.8 Å². The van der Waals surface area contributed by atoms with Crippen LogP contribution in [0.2, 0.25) is 0 Å². The predicted octanol–water partition coefficient (Wildman–Crippen LogP) is 2.89. The van der Waals surface area contributed by atoms with E-state index in [1.807, 2.05) is 0 Å². The van der Waals surface area contributed by atoms with Gasteiger partial charge >= 0.3 is 11.7 Å². The van der Waals surface area contributed by atoms with Crippen LogP contribution in [0, 0.1) is 0 Å². The third-order valence-electron chi connectivity index (χ3n) is 2.90. The molecule has 0 fully saturated rings. The summed E-state index contributed by atoms with van der Waals surface area (Å²) < 4.78 is 4.97. The van der Waals surface area contributed by atoms with Crippen LogP contribution >= 0.6 is 0 Å². The molecule has 0 saturated carbocycles. The maximum absolute atomic E-state index is 11.8. The van der Waals surface area contributed by atoms with Crippen LogP contribution in [0.1, 0.15) is 72.6 Å². The number of carbonyl (C=O) groups is 3. The number of ketones is 2. The average molecular weight is 310 g/mol. The van der Waals surface area contributed by atoms with Crippen LogP contribution in [-0.4, -0.2) is 33.6 Å². The van der Waals surface area contributed by atoms with E-state index in [2.05, 4.69) is 11.7 Å². The van der Waals surface area contributed by atoms with Crippen molar-refractivity contribution < 1.29 is 23.9 Å². The van der Waals surface area contributed by atoms with E-state index in [0.717, 1.165) is 25.7 Å². The Bertz CT molecular complexity index is 457. The lowest BCUT2D eigenvalue weighted by Gasteiger charge is -2.17. The van der Waals surface area contributed by atoms with Crippen LogP contribution in [0.3, 0.4) is 0 Å². The summed E-state index contributed by atoms with van der Waals surface area (Å²) in [5.74, 6) is -1.68. The van der Waals surface area contributed by atoms with Gasteiger partial charge in [-0.25, -0.2) is 4.79 Å². The van der Waals surface area contributed by atoms with Gasteiger partial charge in [-0.3, -0.25) is 9.59 Å². The summed E-state index contributed by atoms with van der Waals surface area (Å²) in [5, 5.41) is 0. The van der Waals surface area contributed by atoms with Crippen LogP contribution in [0.5, 0.6) is 0 Å². The van der Waals surface area contributed by atoms with Gasteiger partial charge in [0.05, 0.1) is 0 Å². The summed E-state index contributed by atoms with van der Waals surface area (Å²) in [6.07, 6.45) is 4.33. The van der Waals surface area contributed by atoms with E-state index in [1.165, 1.54) is 0 Å². The van der Waals surface area contributed by atoms with Gasteiger partial charge in [-0.05, 0) is 27.2 Å². The smallest absolute Gasteiger partial charge is 0.441 e. The van der Waals surface area contributed by atoms with Crippen LogP contribution < -0.4 is 0 Å². The Morgan fingerprint density at radius 1 is 1.00 bits per heavy atom. The van der Waals surface area contributed by atoms with Crippen molar-refractivity contribution in [2.45, 2.75) is 78.2 Å². The highest BCUT2D eigenvalue weighted by Gasteiger charge is 2.33. The van der Waals surface area contributed by atoms with E-state index in [4.69, 9.17) is 10.3 Å². The number of nitrogens with zero attached hydrogens (tertiary/aromatic N) is 2. The SMILES string of the molecule is CCCCCCC(=O)CCC(=O)C(=[N+]=[N-])C(=O)OC(C)(C)C. The van der Waals surface area contributed by atoms with Gasteiger partial charge in [-0.15, -0.1) is 0 Å². The number of hydrogen-bond acceptors (Lipinski definition) is 4. The van der Waals surface area contributed by atoms with Gasteiger partial charge in [0.25, 0.3) is 5.78 Å². The van der Waals surface area contributed by atoms with Crippen LogP contribution in [0.15, 0.2) is 0 Å². The van der Waals surface area contributed by atoms with Crippen molar-refractivity contribution in [1.29, 1.82) is 0 Å². The first-order chi connectivity index (χ1) is 10.2. The van der Waals surface area contributed by atoms with Crippen LogP contribution in [0.4, 0.5) is 0 Å². The molecule has 0 rings (SSSR count). The highest BCUT2D eigenvalue weighted by molar-refractivity contribution is 6.62. The summed E-state index contributed by atoms with van der Waals surface area (Å²) >= 11 is 0. The molecule has 0 bridgehead atoms. The Morgan fingerprint density at radius 2 is 1.64 bits per heavy atom. The molecule has 0 aliphatic carbocycles. The molecule has 6 heteroatoms. The molecule has 0 aromatic rings. The van der Waals surface area contributed by atoms with Gasteiger partial charge in [-0.1, -0.05) is 26.2 Å². The van der Waals surface area contributed by atoms with E-state index < -0.39 is 23.1 Å². The number of hydrogen-bond donors (Lipinski definition) is 0. The first-order valence-corrected chi connectivity index (χ1v) is 7.71. The second kappa shape index (κ2) is 10.0. The number of esters is 1. The molecular formula is C16H26N2O4. The Kier molecular flexibility index (Phi) is 9.18. The van der Waals surface area contributed by atoms with Crippen molar-refractivity contribution in [3.8, 4) is 0 Å². The fraction of sp³-hybridized carbons (Fsp3) is 0.750. The van der Waals surface area contributed by atoms with Gasteiger partial charge in [-0.2, -0.15) is 4.79 Å². The van der Waals surface area contributed by atoms with Gasteiger partial charge < -0.3 is 10.3 Å². The Labute approximate surface area is 131 Å². The van der Waals surface area contributed by atoms with Crippen molar-refractivity contribution in [1.82, 2.24) is 0 Å². The molecule has 0 amide bonds. The predicted molar refractivity (Wildman–Crippen MR) is 82.5 cm³/mol. The molecule has 0 aliphatic rings. The van der Waals surface area contributed by atoms with E-state index in [-0.39, 0.29) is 18.6 Å². The number of rotatable bonds is 10. The highest BCUT2D eigenvalue weighted by atomic mass is 16.6. The number of Topliss-reactive ketones (excluding diaryl/α,β-unsaturated/α-hetero) is 2. The molecule has 0 unspecified atom stereocenters. The van der Waals surface area contributed by atoms with Crippen molar-refractivity contribution in [2.75, 3.05) is 0 Å². The van der Waals surface area contributed by atoms with Gasteiger partial charge in [0.2, 0.25) is 0 Å². The number of ether oxygens (including phenoxy) is 1. The first kappa shape index (κ1) is 20.2. The van der Waals surface area contributed by atoms with Crippen LogP contribution in [0.25, 0.3) is 5.53 Å². The fourth-order valence-electron chi connectivity index (χ4n) is 1.78. The molecular weight excluding hydrogens is 284 g/mol. The molecule has 22 heavy (non-hydrogen) atoms. The van der Waals surface area contributed by atoms with E-state index in [1.54, 1.807) is 20.8 Å².